The summed E-state index contributed by atoms with van der Waals surface area (Å²) in [6.07, 6.45) is 14.0. The van der Waals surface area contributed by atoms with E-state index in [1.54, 1.807) is 0 Å². The van der Waals surface area contributed by atoms with E-state index in [1.807, 2.05) is 45.3 Å². The molecule has 0 bridgehead atoms. The average Bonchev–Trinajstić information content (AvgIpc) is 4.06. The molecule has 0 aliphatic rings. The lowest BCUT2D eigenvalue weighted by Crippen LogP contribution is -2.24. The van der Waals surface area contributed by atoms with E-state index >= 15 is 0 Å². The molecule has 0 fully saturated rings. The molecule has 8 aromatic rings. The van der Waals surface area contributed by atoms with Crippen molar-refractivity contribution in [3.63, 3.8) is 0 Å². The Labute approximate surface area is 352 Å². The fourth-order valence-electron chi connectivity index (χ4n) is 8.21. The standard InChI is InChI=1S/C45H56N6S5/c1-8-14-18-27(7)22-28-23-31-44(52-28)45-32(51(31)21-17-11-4)24-35(55-45)38-40-41(47-30(13-6)29(12-5)46-40)39(43-42(38)48-56-49-43)36-25-33-34(53-36)26-37(54-33)50(19-15-9-2)20-16-10-3/h23-27H,8-22H2,1-7H3. The van der Waals surface area contributed by atoms with Crippen LogP contribution in [0.4, 0.5) is 5.00 Å². The van der Waals surface area contributed by atoms with E-state index in [2.05, 4.69) is 82.2 Å². The van der Waals surface area contributed by atoms with E-state index in [9.17, 15) is 0 Å². The number of hydrogen-bond donors (Lipinski definition) is 0. The molecule has 0 aliphatic heterocycles. The molecule has 11 heteroatoms. The molecule has 7 heterocycles. The first kappa shape index (κ1) is 39.8. The van der Waals surface area contributed by atoms with Crippen LogP contribution in [0.3, 0.4) is 0 Å². The van der Waals surface area contributed by atoms with Crippen LogP contribution in [0, 0.1) is 5.92 Å². The molecule has 0 saturated heterocycles. The van der Waals surface area contributed by atoms with Crippen molar-refractivity contribution in [2.24, 2.45) is 5.92 Å². The lowest BCUT2D eigenvalue weighted by molar-refractivity contribution is 0.507. The largest absolute Gasteiger partial charge is 0.363 e. The van der Waals surface area contributed by atoms with Crippen LogP contribution < -0.4 is 4.90 Å². The number of hydrogen-bond acceptors (Lipinski definition) is 10. The number of aromatic nitrogens is 5. The summed E-state index contributed by atoms with van der Waals surface area (Å²) in [7, 11) is 0. The maximum absolute atomic E-state index is 5.52. The first-order valence-electron chi connectivity index (χ1n) is 21.2. The van der Waals surface area contributed by atoms with E-state index < -0.39 is 0 Å². The predicted molar refractivity (Wildman–Crippen MR) is 251 cm³/mol. The van der Waals surface area contributed by atoms with Crippen molar-refractivity contribution in [3.8, 4) is 20.9 Å². The molecule has 0 amide bonds. The van der Waals surface area contributed by atoms with Gasteiger partial charge in [-0.25, -0.2) is 9.97 Å². The Morgan fingerprint density at radius 3 is 1.82 bits per heavy atom. The minimum Gasteiger partial charge on any atom is -0.363 e. The smallest absolute Gasteiger partial charge is 0.116 e. The lowest BCUT2D eigenvalue weighted by atomic mass is 10.00. The van der Waals surface area contributed by atoms with E-state index in [4.69, 9.17) is 18.7 Å². The van der Waals surface area contributed by atoms with Crippen LogP contribution in [0.2, 0.25) is 0 Å². The van der Waals surface area contributed by atoms with Gasteiger partial charge in [-0.1, -0.05) is 87.0 Å². The first-order chi connectivity index (χ1) is 27.4. The molecule has 296 valence electrons. The molecule has 7 aromatic heterocycles. The van der Waals surface area contributed by atoms with Crippen molar-refractivity contribution in [1.29, 1.82) is 0 Å². The summed E-state index contributed by atoms with van der Waals surface area (Å²) in [6, 6.07) is 9.76. The first-order valence-corrected chi connectivity index (χ1v) is 25.2. The van der Waals surface area contributed by atoms with Gasteiger partial charge in [-0.05, 0) is 68.7 Å². The number of fused-ring (bicyclic) bond motifs is 6. The van der Waals surface area contributed by atoms with Gasteiger partial charge in [0.05, 0.1) is 48.6 Å². The molecule has 56 heavy (non-hydrogen) atoms. The zero-order valence-electron chi connectivity index (χ0n) is 34.2. The molecule has 6 nitrogen and oxygen atoms in total. The van der Waals surface area contributed by atoms with Crippen LogP contribution in [0.25, 0.3) is 72.8 Å². The second-order valence-electron chi connectivity index (χ2n) is 15.6. The molecule has 0 spiro atoms. The molecule has 1 aromatic carbocycles. The Bertz CT molecular complexity index is 2560. The van der Waals surface area contributed by atoms with Gasteiger partial charge in [0.15, 0.2) is 0 Å². The summed E-state index contributed by atoms with van der Waals surface area (Å²) in [5, 5.41) is 1.40. The Morgan fingerprint density at radius 2 is 1.21 bits per heavy atom. The molecule has 0 radical (unpaired) electrons. The molecular weight excluding hydrogens is 785 g/mol. The van der Waals surface area contributed by atoms with Gasteiger partial charge < -0.3 is 9.47 Å². The number of benzene rings is 1. The summed E-state index contributed by atoms with van der Waals surface area (Å²) in [5.41, 5.74) is 11.0. The average molecular weight is 841 g/mol. The van der Waals surface area contributed by atoms with Gasteiger partial charge in [0, 0.05) is 54.8 Å². The minimum absolute atomic E-state index is 0.707. The molecule has 0 saturated carbocycles. The van der Waals surface area contributed by atoms with Gasteiger partial charge in [-0.3, -0.25) is 0 Å². The van der Waals surface area contributed by atoms with Crippen LogP contribution in [-0.4, -0.2) is 36.4 Å². The number of thiophene rings is 4. The fourth-order valence-corrected chi connectivity index (χ4v) is 13.9. The van der Waals surface area contributed by atoms with E-state index in [-0.39, 0.29) is 0 Å². The highest BCUT2D eigenvalue weighted by atomic mass is 32.1. The van der Waals surface area contributed by atoms with Crippen LogP contribution in [0.15, 0.2) is 24.3 Å². The normalized spacial score (nSPS) is 12.8. The topological polar surface area (TPSA) is 59.7 Å². The SMILES string of the molecule is CCCCC(C)Cc1cc2c(s1)c1sc(-c3c4nsnc4c(-c4cc5sc(N(CCCC)CCCC)cc5s4)c4nc(CC)c(CC)nc34)cc1n2CCCC. The third-order valence-corrected chi connectivity index (χ3v) is 16.7. The van der Waals surface area contributed by atoms with Crippen molar-refractivity contribution >= 4 is 114 Å². The van der Waals surface area contributed by atoms with Gasteiger partial charge in [0.2, 0.25) is 0 Å². The van der Waals surface area contributed by atoms with Crippen molar-refractivity contribution in [2.45, 2.75) is 132 Å². The highest BCUT2D eigenvalue weighted by Crippen LogP contribution is 2.50. The Kier molecular flexibility index (Phi) is 12.4. The zero-order valence-corrected chi connectivity index (χ0v) is 38.3. The minimum atomic E-state index is 0.707. The monoisotopic (exact) mass is 840 g/mol. The molecular formula is C45H56N6S5. The number of unbranched alkanes of at least 4 members (excludes halogenated alkanes) is 4. The van der Waals surface area contributed by atoms with E-state index in [1.165, 1.54) is 119 Å². The van der Waals surface area contributed by atoms with Gasteiger partial charge >= 0.3 is 0 Å². The van der Waals surface area contributed by atoms with Crippen LogP contribution in [0.1, 0.15) is 123 Å². The van der Waals surface area contributed by atoms with Crippen LogP contribution in [-0.2, 0) is 25.8 Å². The van der Waals surface area contributed by atoms with Crippen LogP contribution in [0.5, 0.6) is 0 Å². The highest BCUT2D eigenvalue weighted by Gasteiger charge is 2.27. The van der Waals surface area contributed by atoms with Crippen molar-refractivity contribution in [1.82, 2.24) is 23.3 Å². The second kappa shape index (κ2) is 17.5. The second-order valence-corrected chi connectivity index (χ2v) is 20.4. The van der Waals surface area contributed by atoms with Crippen molar-refractivity contribution < 1.29 is 0 Å². The van der Waals surface area contributed by atoms with Crippen LogP contribution >= 0.6 is 57.1 Å². The Hall–Kier alpha value is -2.96. The maximum Gasteiger partial charge on any atom is 0.116 e. The summed E-state index contributed by atoms with van der Waals surface area (Å²) in [5.74, 6) is 0.707. The molecule has 1 atom stereocenters. The van der Waals surface area contributed by atoms with Crippen molar-refractivity contribution in [3.05, 3.63) is 40.5 Å². The fraction of sp³-hybridized carbons (Fsp3) is 0.511. The molecule has 1 unspecified atom stereocenters. The van der Waals surface area contributed by atoms with Gasteiger partial charge in [0.25, 0.3) is 0 Å². The number of rotatable bonds is 19. The molecule has 0 aliphatic carbocycles. The number of anilines is 1. The summed E-state index contributed by atoms with van der Waals surface area (Å²) in [6.45, 7) is 19.3. The number of aryl methyl sites for hydroxylation is 3. The van der Waals surface area contributed by atoms with E-state index in [0.29, 0.717) is 5.92 Å². The summed E-state index contributed by atoms with van der Waals surface area (Å²) < 4.78 is 18.3. The lowest BCUT2D eigenvalue weighted by Gasteiger charge is -2.22. The van der Waals surface area contributed by atoms with Gasteiger partial charge in [-0.15, -0.1) is 45.3 Å². The van der Waals surface area contributed by atoms with E-state index in [0.717, 1.165) is 83.5 Å². The zero-order chi connectivity index (χ0) is 38.9. The quantitative estimate of drug-likeness (QED) is 0.0812. The van der Waals surface area contributed by atoms with Gasteiger partial charge in [-0.2, -0.15) is 8.75 Å². The van der Waals surface area contributed by atoms with Gasteiger partial charge in [0.1, 0.15) is 22.1 Å². The Morgan fingerprint density at radius 1 is 0.625 bits per heavy atom. The number of nitrogens with zero attached hydrogens (tertiary/aromatic N) is 6. The van der Waals surface area contributed by atoms with Crippen molar-refractivity contribution in [2.75, 3.05) is 18.0 Å². The Balaban J connectivity index is 1.29. The third-order valence-electron chi connectivity index (χ3n) is 11.3. The molecule has 0 N–H and O–H groups in total. The maximum atomic E-state index is 5.52. The predicted octanol–water partition coefficient (Wildman–Crippen LogP) is 15.2. The summed E-state index contributed by atoms with van der Waals surface area (Å²) in [4.78, 5) is 17.6. The highest BCUT2D eigenvalue weighted by molar-refractivity contribution is 7.31. The third kappa shape index (κ3) is 7.44. The summed E-state index contributed by atoms with van der Waals surface area (Å²) >= 11 is 9.06. The molecule has 8 rings (SSSR count).